The number of amides is 3. The van der Waals surface area contributed by atoms with Gasteiger partial charge in [-0.05, 0) is 67.4 Å². The molecule has 0 unspecified atom stereocenters. The third-order valence-electron chi connectivity index (χ3n) is 7.60. The van der Waals surface area contributed by atoms with E-state index in [1.807, 2.05) is 0 Å². The first kappa shape index (κ1) is 29.1. The highest BCUT2D eigenvalue weighted by Gasteiger charge is 2.51. The first-order chi connectivity index (χ1) is 20.7. The number of nitro benzene ring substituents is 1. The van der Waals surface area contributed by atoms with Gasteiger partial charge in [0.1, 0.15) is 18.0 Å². The molecule has 3 amide bonds. The van der Waals surface area contributed by atoms with Crippen molar-refractivity contribution in [2.75, 3.05) is 13.7 Å². The van der Waals surface area contributed by atoms with E-state index in [1.165, 1.54) is 49.6 Å². The van der Waals surface area contributed by atoms with E-state index in [0.717, 1.165) is 35.0 Å². The lowest BCUT2D eigenvalue weighted by molar-refractivity contribution is -0.384. The molecule has 1 heterocycles. The van der Waals surface area contributed by atoms with E-state index in [1.54, 1.807) is 18.2 Å². The number of ether oxygens (including phenoxy) is 2. The van der Waals surface area contributed by atoms with Crippen LogP contribution in [0.15, 0.2) is 72.8 Å². The number of imide groups is 1. The van der Waals surface area contributed by atoms with Crippen molar-refractivity contribution in [3.05, 3.63) is 99.6 Å². The minimum Gasteiger partial charge on any atom is -0.497 e. The van der Waals surface area contributed by atoms with Crippen molar-refractivity contribution in [3.8, 4) is 11.5 Å². The van der Waals surface area contributed by atoms with Crippen LogP contribution in [0.1, 0.15) is 56.8 Å². The molecule has 12 nitrogen and oxygen atoms in total. The molecule has 43 heavy (non-hydrogen) atoms. The fourth-order valence-electron chi connectivity index (χ4n) is 5.34. The van der Waals surface area contributed by atoms with Gasteiger partial charge in [-0.25, -0.2) is 9.80 Å². The van der Waals surface area contributed by atoms with Gasteiger partial charge < -0.3 is 9.47 Å². The Morgan fingerprint density at radius 1 is 0.860 bits per heavy atom. The zero-order chi connectivity index (χ0) is 30.7. The van der Waals surface area contributed by atoms with Crippen molar-refractivity contribution in [2.45, 2.75) is 25.7 Å². The number of carbonyl (C=O) groups excluding carboxylic acids is 5. The highest BCUT2D eigenvalue weighted by molar-refractivity contribution is 6.09. The Labute approximate surface area is 245 Å². The number of esters is 1. The summed E-state index contributed by atoms with van der Waals surface area (Å²) in [6, 6.07) is 16.7. The van der Waals surface area contributed by atoms with Gasteiger partial charge in [-0.15, -0.1) is 0 Å². The molecule has 3 aromatic rings. The maximum absolute atomic E-state index is 13.6. The minimum absolute atomic E-state index is 0.0336. The van der Waals surface area contributed by atoms with Crippen molar-refractivity contribution in [1.29, 1.82) is 0 Å². The quantitative estimate of drug-likeness (QED) is 0.0896. The van der Waals surface area contributed by atoms with Crippen LogP contribution in [-0.4, -0.2) is 58.1 Å². The summed E-state index contributed by atoms with van der Waals surface area (Å²) < 4.78 is 10.5. The normalized spacial score (nSPS) is 17.7. The Morgan fingerprint density at radius 3 is 2.05 bits per heavy atom. The van der Waals surface area contributed by atoms with E-state index in [4.69, 9.17) is 9.47 Å². The molecule has 0 aromatic heterocycles. The number of nitrogens with zero attached hydrogens (tertiary/aromatic N) is 3. The molecule has 1 aliphatic carbocycles. The number of Topliss-reactive ketones (excluding diaryl/α,β-unsaturated/α-hetero) is 1. The molecule has 3 aromatic carbocycles. The third-order valence-corrected chi connectivity index (χ3v) is 7.60. The average molecular weight is 586 g/mol. The molecule has 2 fully saturated rings. The van der Waals surface area contributed by atoms with Crippen LogP contribution in [-0.2, 0) is 9.59 Å². The largest absolute Gasteiger partial charge is 0.497 e. The molecule has 1 saturated carbocycles. The molecule has 0 bridgehead atoms. The topological polar surface area (TPSA) is 153 Å². The molecule has 220 valence electrons. The molecule has 0 N–H and O–H groups in total. The summed E-state index contributed by atoms with van der Waals surface area (Å²) in [4.78, 5) is 76.7. The fourth-order valence-corrected chi connectivity index (χ4v) is 5.34. The van der Waals surface area contributed by atoms with Crippen molar-refractivity contribution in [1.82, 2.24) is 10.0 Å². The highest BCUT2D eigenvalue weighted by Crippen LogP contribution is 2.39. The van der Waals surface area contributed by atoms with E-state index < -0.39 is 52.8 Å². The van der Waals surface area contributed by atoms with E-state index >= 15 is 0 Å². The predicted molar refractivity (Wildman–Crippen MR) is 150 cm³/mol. The van der Waals surface area contributed by atoms with Gasteiger partial charge in [0.25, 0.3) is 23.4 Å². The monoisotopic (exact) mass is 585 g/mol. The second-order valence-corrected chi connectivity index (χ2v) is 10.2. The Bertz CT molecular complexity index is 1580. The van der Waals surface area contributed by atoms with Crippen LogP contribution in [0.5, 0.6) is 11.5 Å². The second kappa shape index (κ2) is 12.2. The zero-order valence-electron chi connectivity index (χ0n) is 23.1. The first-order valence-corrected chi connectivity index (χ1v) is 13.6. The lowest BCUT2D eigenvalue weighted by atomic mass is 9.81. The molecular weight excluding hydrogens is 558 g/mol. The standard InChI is InChI=1S/C31H27N3O9/c1-42-24-6-4-5-21(17-24)31(39)43-23-15-11-19(12-16-23)27(35)18-32(28(36)20-9-13-22(14-10-20)34(40)41)33-29(37)25-7-2-3-8-26(25)30(33)38/h4-6,9-17,25-26H,2-3,7-8,18H2,1H3/t25-,26-/m0/s1. The Balaban J connectivity index is 1.37. The van der Waals surface area contributed by atoms with Gasteiger partial charge in [0.2, 0.25) is 0 Å². The van der Waals surface area contributed by atoms with Crippen LogP contribution >= 0.6 is 0 Å². The lowest BCUT2D eigenvalue weighted by Gasteiger charge is -2.30. The number of carbonyl (C=O) groups is 5. The number of rotatable bonds is 9. The predicted octanol–water partition coefficient (Wildman–Crippen LogP) is 4.24. The summed E-state index contributed by atoms with van der Waals surface area (Å²) in [5, 5.41) is 12.7. The van der Waals surface area contributed by atoms with E-state index in [0.29, 0.717) is 18.6 Å². The second-order valence-electron chi connectivity index (χ2n) is 10.2. The number of methoxy groups -OCH3 is 1. The highest BCUT2D eigenvalue weighted by atomic mass is 16.6. The molecule has 1 aliphatic heterocycles. The van der Waals surface area contributed by atoms with E-state index in [2.05, 4.69) is 0 Å². The van der Waals surface area contributed by atoms with Crippen LogP contribution in [0.25, 0.3) is 0 Å². The van der Waals surface area contributed by atoms with E-state index in [9.17, 15) is 34.1 Å². The summed E-state index contributed by atoms with van der Waals surface area (Å²) in [7, 11) is 1.48. The molecule has 0 radical (unpaired) electrons. The van der Waals surface area contributed by atoms with Gasteiger partial charge in [0.05, 0.1) is 29.4 Å². The maximum Gasteiger partial charge on any atom is 0.343 e. The Hall–Kier alpha value is -5.39. The van der Waals surface area contributed by atoms with Crippen molar-refractivity contribution in [3.63, 3.8) is 0 Å². The lowest BCUT2D eigenvalue weighted by Crippen LogP contribution is -2.52. The molecule has 2 atom stereocenters. The average Bonchev–Trinajstić information content (AvgIpc) is 3.28. The van der Waals surface area contributed by atoms with Crippen LogP contribution < -0.4 is 9.47 Å². The molecule has 5 rings (SSSR count). The smallest absolute Gasteiger partial charge is 0.343 e. The molecular formula is C31H27N3O9. The van der Waals surface area contributed by atoms with Crippen molar-refractivity contribution in [2.24, 2.45) is 11.8 Å². The third kappa shape index (κ3) is 5.98. The number of hydrazine groups is 1. The van der Waals surface area contributed by atoms with E-state index in [-0.39, 0.29) is 28.1 Å². The number of nitro groups is 1. The van der Waals surface area contributed by atoms with Gasteiger partial charge in [-0.3, -0.25) is 29.3 Å². The van der Waals surface area contributed by atoms with Crippen molar-refractivity contribution < 1.29 is 38.4 Å². The summed E-state index contributed by atoms with van der Waals surface area (Å²) in [5.74, 6) is -3.62. The summed E-state index contributed by atoms with van der Waals surface area (Å²) in [6.45, 7) is -0.643. The number of fused-ring (bicyclic) bond motifs is 1. The zero-order valence-corrected chi connectivity index (χ0v) is 23.1. The van der Waals surface area contributed by atoms with Crippen LogP contribution in [0.3, 0.4) is 0 Å². The van der Waals surface area contributed by atoms with Gasteiger partial charge in [0, 0.05) is 23.3 Å². The van der Waals surface area contributed by atoms with Crippen molar-refractivity contribution >= 4 is 35.2 Å². The van der Waals surface area contributed by atoms with Gasteiger partial charge >= 0.3 is 5.97 Å². The minimum atomic E-state index is -0.826. The number of hydrogen-bond donors (Lipinski definition) is 0. The number of non-ortho nitro benzene ring substituents is 1. The number of ketones is 1. The molecule has 12 heteroatoms. The summed E-state index contributed by atoms with van der Waals surface area (Å²) in [6.07, 6.45) is 2.57. The maximum atomic E-state index is 13.6. The Kier molecular flexibility index (Phi) is 8.28. The Morgan fingerprint density at radius 2 is 1.47 bits per heavy atom. The first-order valence-electron chi connectivity index (χ1n) is 13.6. The fraction of sp³-hybridized carbons (Fsp3) is 0.258. The molecule has 2 aliphatic rings. The SMILES string of the molecule is COc1cccc(C(=O)Oc2ccc(C(=O)CN(C(=O)c3ccc([N+](=O)[O-])cc3)N3C(=O)[C@H]4CCCC[C@@H]4C3=O)cc2)c1. The number of benzene rings is 3. The van der Waals surface area contributed by atoms with Crippen LogP contribution in [0.4, 0.5) is 5.69 Å². The van der Waals surface area contributed by atoms with Gasteiger partial charge in [-0.1, -0.05) is 18.9 Å². The van der Waals surface area contributed by atoms with Crippen LogP contribution in [0.2, 0.25) is 0 Å². The van der Waals surface area contributed by atoms with Gasteiger partial charge in [-0.2, -0.15) is 5.01 Å². The molecule has 1 saturated heterocycles. The number of hydrogen-bond acceptors (Lipinski definition) is 9. The summed E-state index contributed by atoms with van der Waals surface area (Å²) >= 11 is 0. The van der Waals surface area contributed by atoms with Crippen LogP contribution in [0, 0.1) is 22.0 Å². The van der Waals surface area contributed by atoms with Gasteiger partial charge in [0.15, 0.2) is 5.78 Å². The molecule has 0 spiro atoms. The summed E-state index contributed by atoms with van der Waals surface area (Å²) in [5.41, 5.74) is 0.124.